The third-order valence-corrected chi connectivity index (χ3v) is 4.23. The summed E-state index contributed by atoms with van der Waals surface area (Å²) in [5, 5.41) is 0. The molecule has 0 radical (unpaired) electrons. The van der Waals surface area contributed by atoms with E-state index in [0.29, 0.717) is 0 Å². The maximum Gasteiger partial charge on any atom is 0.330 e. The van der Waals surface area contributed by atoms with E-state index in [1.165, 1.54) is 0 Å². The molecule has 0 unspecified atom stereocenters. The standard InChI is InChI=1S/C9H13N5O8S2/c10-6-5-9(22-24(12-15,13-16)14-17)7(11)4-8(6)21-2-1-3-23(18,19)20/h4-5H,1-3,10-11H2,(H,18,19,20). The fraction of sp³-hybridized carbons (Fsp3) is 0.333. The molecule has 134 valence electrons. The minimum Gasteiger partial charge on any atom is -0.491 e. The number of benzene rings is 1. The number of nitrogens with zero attached hydrogens (tertiary/aromatic N) is 3. The van der Waals surface area contributed by atoms with Crippen molar-refractivity contribution in [1.82, 2.24) is 0 Å². The summed E-state index contributed by atoms with van der Waals surface area (Å²) in [5.74, 6) is -0.782. The van der Waals surface area contributed by atoms with Crippen molar-refractivity contribution in [3.63, 3.8) is 0 Å². The van der Waals surface area contributed by atoms with Gasteiger partial charge in [0.25, 0.3) is 10.1 Å². The zero-order chi connectivity index (χ0) is 18.4. The Kier molecular flexibility index (Phi) is 6.38. The first-order valence-corrected chi connectivity index (χ1v) is 9.03. The highest BCUT2D eigenvalue weighted by atomic mass is 32.3. The maximum atomic E-state index is 10.6. The molecular weight excluding hydrogens is 370 g/mol. The van der Waals surface area contributed by atoms with Crippen LogP contribution in [-0.4, -0.2) is 25.3 Å². The van der Waals surface area contributed by atoms with Crippen molar-refractivity contribution in [3.8, 4) is 11.5 Å². The summed E-state index contributed by atoms with van der Waals surface area (Å²) in [6.07, 6.45) is -0.0110. The van der Waals surface area contributed by atoms with Crippen LogP contribution in [0.3, 0.4) is 0 Å². The summed E-state index contributed by atoms with van der Waals surface area (Å²) in [6, 6.07) is 2.21. The Morgan fingerprint density at radius 1 is 1.00 bits per heavy atom. The molecule has 0 aromatic heterocycles. The summed E-state index contributed by atoms with van der Waals surface area (Å²) in [7, 11) is -8.12. The van der Waals surface area contributed by atoms with Gasteiger partial charge in [-0.3, -0.25) is 4.55 Å². The third kappa shape index (κ3) is 5.28. The summed E-state index contributed by atoms with van der Waals surface area (Å²) in [4.78, 5) is 31.6. The van der Waals surface area contributed by atoms with Gasteiger partial charge in [-0.1, -0.05) is 0 Å². The molecule has 5 N–H and O–H groups in total. The Morgan fingerprint density at radius 2 is 1.50 bits per heavy atom. The Labute approximate surface area is 137 Å². The molecule has 0 bridgehead atoms. The molecule has 15 heteroatoms. The number of anilines is 2. The molecule has 0 atom stereocenters. The van der Waals surface area contributed by atoms with Crippen molar-refractivity contribution in [2.75, 3.05) is 23.8 Å². The first-order chi connectivity index (χ1) is 11.2. The van der Waals surface area contributed by atoms with Crippen LogP contribution in [0.2, 0.25) is 0 Å². The normalized spacial score (nSPS) is 12.2. The molecule has 0 aliphatic carbocycles. The first kappa shape index (κ1) is 19.5. The number of rotatable bonds is 10. The second-order valence-corrected chi connectivity index (χ2v) is 7.31. The molecule has 1 aromatic carbocycles. The van der Waals surface area contributed by atoms with Crippen LogP contribution in [-0.2, 0) is 10.1 Å². The molecule has 24 heavy (non-hydrogen) atoms. The molecule has 1 rings (SSSR count). The van der Waals surface area contributed by atoms with Crippen molar-refractivity contribution in [2.45, 2.75) is 6.42 Å². The lowest BCUT2D eigenvalue weighted by molar-refractivity contribution is 0.317. The highest BCUT2D eigenvalue weighted by molar-refractivity contribution is 8.26. The van der Waals surface area contributed by atoms with Gasteiger partial charge in [0.1, 0.15) is 5.75 Å². The predicted octanol–water partition coefficient (Wildman–Crippen LogP) is 1.65. The first-order valence-electron chi connectivity index (χ1n) is 6.00. The molecule has 1 aromatic rings. The SMILES string of the molecule is Nc1cc(OS(N=O)(N=O)N=O)c(N)cc1OCCCS(=O)(=O)O. The fourth-order valence-corrected chi connectivity index (χ4v) is 2.46. The van der Waals surface area contributed by atoms with Crippen molar-refractivity contribution in [2.24, 2.45) is 13.7 Å². The van der Waals surface area contributed by atoms with Crippen LogP contribution in [0.25, 0.3) is 0 Å². The third-order valence-electron chi connectivity index (χ3n) is 2.44. The lowest BCUT2D eigenvalue weighted by Crippen LogP contribution is -2.09. The minimum absolute atomic E-state index is 0.0110. The van der Waals surface area contributed by atoms with E-state index in [1.54, 1.807) is 0 Å². The molecule has 0 amide bonds. The molecule has 0 saturated heterocycles. The lowest BCUT2D eigenvalue weighted by Gasteiger charge is -2.18. The molecule has 0 saturated carbocycles. The number of hydrogen-bond acceptors (Lipinski definition) is 12. The molecule has 0 heterocycles. The lowest BCUT2D eigenvalue weighted by atomic mass is 10.2. The molecular formula is C9H13N5O8S2. The van der Waals surface area contributed by atoms with Crippen molar-refractivity contribution in [1.29, 1.82) is 0 Å². The van der Waals surface area contributed by atoms with Crippen molar-refractivity contribution < 1.29 is 21.9 Å². The Morgan fingerprint density at radius 3 is 2.00 bits per heavy atom. The zero-order valence-corrected chi connectivity index (χ0v) is 13.5. The van der Waals surface area contributed by atoms with Crippen LogP contribution in [0.15, 0.2) is 25.9 Å². The summed E-state index contributed by atoms with van der Waals surface area (Å²) in [5.41, 5.74) is 11.1. The zero-order valence-electron chi connectivity index (χ0n) is 11.9. The van der Waals surface area contributed by atoms with E-state index in [4.69, 9.17) is 24.9 Å². The van der Waals surface area contributed by atoms with Crippen LogP contribution in [0.5, 0.6) is 11.5 Å². The van der Waals surface area contributed by atoms with E-state index in [0.717, 1.165) is 12.1 Å². The minimum atomic E-state index is -4.11. The Bertz CT molecular complexity index is 718. The predicted molar refractivity (Wildman–Crippen MR) is 87.4 cm³/mol. The van der Waals surface area contributed by atoms with Gasteiger partial charge in [-0.05, 0) is 6.42 Å². The number of hydrogen-bond donors (Lipinski definition) is 3. The smallest absolute Gasteiger partial charge is 0.330 e. The fourth-order valence-electron chi connectivity index (χ4n) is 1.42. The summed E-state index contributed by atoms with van der Waals surface area (Å²) >= 11 is 0. The van der Waals surface area contributed by atoms with Crippen LogP contribution in [0.1, 0.15) is 6.42 Å². The second-order valence-electron chi connectivity index (χ2n) is 4.19. The van der Waals surface area contributed by atoms with E-state index in [1.807, 2.05) is 0 Å². The van der Waals surface area contributed by atoms with Crippen molar-refractivity contribution >= 4 is 32.4 Å². The molecule has 0 spiro atoms. The Hall–Kier alpha value is -2.52. The van der Waals surface area contributed by atoms with Crippen LogP contribution >= 0.6 is 10.9 Å². The van der Waals surface area contributed by atoms with Gasteiger partial charge in [-0.2, -0.15) is 8.42 Å². The largest absolute Gasteiger partial charge is 0.491 e. The molecule has 0 aliphatic heterocycles. The molecule has 0 fully saturated rings. The second kappa shape index (κ2) is 7.84. The summed E-state index contributed by atoms with van der Waals surface area (Å²) < 4.78 is 46.2. The van der Waals surface area contributed by atoms with Gasteiger partial charge in [-0.25, -0.2) is 0 Å². The quantitative estimate of drug-likeness (QED) is 0.230. The average molecular weight is 383 g/mol. The van der Waals surface area contributed by atoms with Crippen LogP contribution in [0, 0.1) is 14.7 Å². The van der Waals surface area contributed by atoms with Crippen molar-refractivity contribution in [3.05, 3.63) is 26.9 Å². The highest BCUT2D eigenvalue weighted by Gasteiger charge is 2.32. The van der Waals surface area contributed by atoms with Gasteiger partial charge >= 0.3 is 10.9 Å². The van der Waals surface area contributed by atoms with Gasteiger partial charge in [0.15, 0.2) is 5.75 Å². The molecule has 0 aliphatic rings. The topological polar surface area (TPSA) is 213 Å². The number of nitrogens with two attached hydrogens (primary N) is 2. The summed E-state index contributed by atoms with van der Waals surface area (Å²) in [6.45, 7) is -0.0967. The number of nitrogen functional groups attached to an aromatic ring is 2. The number of nitroso groups, excluding NO2 is 3. The van der Waals surface area contributed by atoms with E-state index >= 15 is 0 Å². The van der Waals surface area contributed by atoms with Gasteiger partial charge < -0.3 is 20.4 Å². The van der Waals surface area contributed by atoms with Crippen LogP contribution < -0.4 is 20.4 Å². The highest BCUT2D eigenvalue weighted by Crippen LogP contribution is 2.54. The van der Waals surface area contributed by atoms with E-state index in [-0.39, 0.29) is 35.9 Å². The van der Waals surface area contributed by atoms with E-state index < -0.39 is 26.7 Å². The van der Waals surface area contributed by atoms with Crippen LogP contribution in [0.4, 0.5) is 11.4 Å². The van der Waals surface area contributed by atoms with Gasteiger partial charge in [-0.15, -0.1) is 14.7 Å². The van der Waals surface area contributed by atoms with E-state index in [9.17, 15) is 23.1 Å². The van der Waals surface area contributed by atoms with Gasteiger partial charge in [0.05, 0.1) is 37.5 Å². The average Bonchev–Trinajstić information content (AvgIpc) is 2.52. The molecule has 13 nitrogen and oxygen atoms in total. The number of ether oxygens (including phenoxy) is 1. The van der Waals surface area contributed by atoms with Gasteiger partial charge in [0, 0.05) is 12.1 Å². The van der Waals surface area contributed by atoms with E-state index in [2.05, 4.69) is 13.7 Å². The monoisotopic (exact) mass is 383 g/mol. The van der Waals surface area contributed by atoms with Gasteiger partial charge in [0.2, 0.25) is 0 Å². The Balaban J connectivity index is 2.88. The maximum absolute atomic E-state index is 10.6.